The van der Waals surface area contributed by atoms with Crippen molar-refractivity contribution in [3.05, 3.63) is 34.3 Å². The number of nitrogens with one attached hydrogen (secondary N) is 2. The lowest BCUT2D eigenvalue weighted by Crippen LogP contribution is -2.48. The first-order valence-electron chi connectivity index (χ1n) is 9.67. The topological polar surface area (TPSA) is 53.5 Å². The van der Waals surface area contributed by atoms with E-state index in [2.05, 4.69) is 55.8 Å². The average Bonchev–Trinajstić information content (AvgIpc) is 3.46. The van der Waals surface area contributed by atoms with Crippen molar-refractivity contribution in [2.24, 2.45) is 4.99 Å². The van der Waals surface area contributed by atoms with Crippen LogP contribution in [0, 0.1) is 0 Å². The minimum Gasteiger partial charge on any atom is -0.356 e. The summed E-state index contributed by atoms with van der Waals surface area (Å²) in [7, 11) is 1.14. The zero-order chi connectivity index (χ0) is 18.6. The highest BCUT2D eigenvalue weighted by Gasteiger charge is 2.44. The Balaban J connectivity index is 0.00000261. The van der Waals surface area contributed by atoms with E-state index in [1.807, 2.05) is 14.0 Å². The van der Waals surface area contributed by atoms with Gasteiger partial charge >= 0.3 is 0 Å². The first-order chi connectivity index (χ1) is 12.6. The zero-order valence-electron chi connectivity index (χ0n) is 16.2. The van der Waals surface area contributed by atoms with E-state index < -0.39 is 10.8 Å². The zero-order valence-corrected chi connectivity index (χ0v) is 20.9. The van der Waals surface area contributed by atoms with Crippen LogP contribution in [-0.2, 0) is 16.2 Å². The van der Waals surface area contributed by atoms with Crippen molar-refractivity contribution < 1.29 is 4.21 Å². The van der Waals surface area contributed by atoms with Crippen LogP contribution < -0.4 is 10.6 Å². The number of guanidine groups is 1. The fourth-order valence-corrected chi connectivity index (χ4v) is 5.68. The lowest BCUT2D eigenvalue weighted by molar-refractivity contribution is 0.413. The quantitative estimate of drug-likeness (QED) is 0.305. The largest absolute Gasteiger partial charge is 0.356 e. The number of aliphatic imine (C=N–C) groups is 1. The van der Waals surface area contributed by atoms with Crippen LogP contribution in [0.25, 0.3) is 0 Å². The van der Waals surface area contributed by atoms with E-state index in [0.29, 0.717) is 11.3 Å². The fraction of sp³-hybridized carbons (Fsp3) is 0.650. The van der Waals surface area contributed by atoms with Crippen molar-refractivity contribution in [3.63, 3.8) is 0 Å². The van der Waals surface area contributed by atoms with Crippen LogP contribution in [0.5, 0.6) is 0 Å². The van der Waals surface area contributed by atoms with Gasteiger partial charge < -0.3 is 10.6 Å². The number of nitrogens with zero attached hydrogens (tertiary/aromatic N) is 1. The SMILES string of the molecule is CCS(=O)C1CCCC(NC(=NC)NCC2(c3cccc(Br)c3)CC2)C1.I. The molecule has 1 aromatic carbocycles. The Labute approximate surface area is 191 Å². The molecule has 0 aliphatic heterocycles. The van der Waals surface area contributed by atoms with Crippen LogP contribution in [0.3, 0.4) is 0 Å². The molecule has 3 atom stereocenters. The Morgan fingerprint density at radius 1 is 1.37 bits per heavy atom. The van der Waals surface area contributed by atoms with Gasteiger partial charge in [0.15, 0.2) is 5.96 Å². The third kappa shape index (κ3) is 6.16. The van der Waals surface area contributed by atoms with Gasteiger partial charge in [-0.3, -0.25) is 9.20 Å². The Kier molecular flexibility index (Phi) is 9.06. The molecule has 27 heavy (non-hydrogen) atoms. The number of benzene rings is 1. The predicted octanol–water partition coefficient (Wildman–Crippen LogP) is 4.34. The molecule has 0 spiro atoms. The summed E-state index contributed by atoms with van der Waals surface area (Å²) in [6, 6.07) is 9.02. The van der Waals surface area contributed by atoms with Crippen LogP contribution >= 0.6 is 39.9 Å². The lowest BCUT2D eigenvalue weighted by Gasteiger charge is -2.30. The molecule has 2 aliphatic rings. The van der Waals surface area contributed by atoms with Gasteiger partial charge in [-0.1, -0.05) is 41.4 Å². The molecule has 3 rings (SSSR count). The summed E-state index contributed by atoms with van der Waals surface area (Å²) in [5, 5.41) is 7.45. The summed E-state index contributed by atoms with van der Waals surface area (Å²) in [5.41, 5.74) is 1.63. The molecule has 0 bridgehead atoms. The van der Waals surface area contributed by atoms with Crippen molar-refractivity contribution in [2.45, 2.75) is 62.2 Å². The Morgan fingerprint density at radius 2 is 2.15 bits per heavy atom. The van der Waals surface area contributed by atoms with Crippen LogP contribution in [0.4, 0.5) is 0 Å². The van der Waals surface area contributed by atoms with Crippen molar-refractivity contribution >= 4 is 56.7 Å². The lowest BCUT2D eigenvalue weighted by atomic mass is 9.95. The Hall–Kier alpha value is -0.150. The van der Waals surface area contributed by atoms with E-state index in [4.69, 9.17) is 0 Å². The van der Waals surface area contributed by atoms with Crippen molar-refractivity contribution in [1.82, 2.24) is 10.6 Å². The fourth-order valence-electron chi connectivity index (χ4n) is 3.93. The van der Waals surface area contributed by atoms with Crippen molar-refractivity contribution in [1.29, 1.82) is 0 Å². The summed E-state index contributed by atoms with van der Waals surface area (Å²) in [6.07, 6.45) is 6.79. The molecule has 0 heterocycles. The van der Waals surface area contributed by atoms with Gasteiger partial charge in [0.1, 0.15) is 0 Å². The Bertz CT molecular complexity index is 681. The van der Waals surface area contributed by atoms with Gasteiger partial charge in [-0.15, -0.1) is 24.0 Å². The maximum atomic E-state index is 12.2. The maximum Gasteiger partial charge on any atom is 0.191 e. The molecule has 3 unspecified atom stereocenters. The molecule has 2 saturated carbocycles. The number of halogens is 2. The van der Waals surface area contributed by atoms with Crippen LogP contribution in [0.15, 0.2) is 33.7 Å². The van der Waals surface area contributed by atoms with Gasteiger partial charge in [0.05, 0.1) is 0 Å². The summed E-state index contributed by atoms with van der Waals surface area (Å²) in [6.45, 7) is 2.92. The number of hydrogen-bond acceptors (Lipinski definition) is 2. The second-order valence-electron chi connectivity index (χ2n) is 7.52. The summed E-state index contributed by atoms with van der Waals surface area (Å²) >= 11 is 3.58. The molecule has 0 saturated heterocycles. The van der Waals surface area contributed by atoms with Gasteiger partial charge in [-0.2, -0.15) is 0 Å². The first-order valence-corrected chi connectivity index (χ1v) is 11.8. The molecular formula is C20H31BrIN3OS. The molecular weight excluding hydrogens is 537 g/mol. The van der Waals surface area contributed by atoms with Crippen LogP contribution in [0.1, 0.15) is 51.0 Å². The van der Waals surface area contributed by atoms with Gasteiger partial charge in [-0.05, 0) is 49.8 Å². The smallest absolute Gasteiger partial charge is 0.191 e. The summed E-state index contributed by atoms with van der Waals surface area (Å²) in [4.78, 5) is 4.42. The molecule has 0 amide bonds. The number of rotatable bonds is 6. The predicted molar refractivity (Wildman–Crippen MR) is 130 cm³/mol. The summed E-state index contributed by atoms with van der Waals surface area (Å²) in [5.74, 6) is 1.64. The molecule has 2 fully saturated rings. The minimum atomic E-state index is -0.691. The molecule has 7 heteroatoms. The molecule has 0 aromatic heterocycles. The van der Waals surface area contributed by atoms with Gasteiger partial charge in [0.25, 0.3) is 0 Å². The third-order valence-electron chi connectivity index (χ3n) is 5.73. The monoisotopic (exact) mass is 567 g/mol. The maximum absolute atomic E-state index is 12.2. The van der Waals surface area contributed by atoms with E-state index in [9.17, 15) is 4.21 Å². The normalized spacial score (nSPS) is 25.2. The highest BCUT2D eigenvalue weighted by molar-refractivity contribution is 14.0. The molecule has 152 valence electrons. The highest BCUT2D eigenvalue weighted by Crippen LogP contribution is 2.48. The second kappa shape index (κ2) is 10.6. The van der Waals surface area contributed by atoms with Crippen LogP contribution in [0.2, 0.25) is 0 Å². The molecule has 2 N–H and O–H groups in total. The minimum absolute atomic E-state index is 0. The molecule has 1 aromatic rings. The van der Waals surface area contributed by atoms with E-state index in [1.165, 1.54) is 18.4 Å². The first kappa shape index (κ1) is 23.1. The molecule has 2 aliphatic carbocycles. The van der Waals surface area contributed by atoms with E-state index in [-0.39, 0.29) is 29.4 Å². The van der Waals surface area contributed by atoms with Gasteiger partial charge in [0, 0.05) is 51.3 Å². The van der Waals surface area contributed by atoms with E-state index in [0.717, 1.165) is 48.4 Å². The van der Waals surface area contributed by atoms with Gasteiger partial charge in [-0.25, -0.2) is 0 Å². The number of hydrogen-bond donors (Lipinski definition) is 2. The van der Waals surface area contributed by atoms with Crippen molar-refractivity contribution in [2.75, 3.05) is 19.3 Å². The van der Waals surface area contributed by atoms with Crippen LogP contribution in [-0.4, -0.2) is 40.8 Å². The molecule has 4 nitrogen and oxygen atoms in total. The Morgan fingerprint density at radius 3 is 2.78 bits per heavy atom. The van der Waals surface area contributed by atoms with Crippen molar-refractivity contribution in [3.8, 4) is 0 Å². The van der Waals surface area contributed by atoms with E-state index in [1.54, 1.807) is 0 Å². The highest BCUT2D eigenvalue weighted by atomic mass is 127. The third-order valence-corrected chi connectivity index (χ3v) is 7.97. The van der Waals surface area contributed by atoms with E-state index >= 15 is 0 Å². The summed E-state index contributed by atoms with van der Waals surface area (Å²) < 4.78 is 13.3. The van der Waals surface area contributed by atoms with Gasteiger partial charge in [0.2, 0.25) is 0 Å². The molecule has 0 radical (unpaired) electrons. The standard InChI is InChI=1S/C20H30BrN3OS.HI/c1-3-26(25)18-9-5-8-17(13-18)24-19(22-2)23-14-20(10-11-20)15-6-4-7-16(21)12-15;/h4,6-7,12,17-18H,3,5,8-11,13-14H2,1-2H3,(H2,22,23,24);1H. The second-order valence-corrected chi connectivity index (χ2v) is 10.4. The average molecular weight is 568 g/mol.